The fourth-order valence-corrected chi connectivity index (χ4v) is 3.05. The van der Waals surface area contributed by atoms with E-state index in [4.69, 9.17) is 0 Å². The molecule has 7 heteroatoms. The van der Waals surface area contributed by atoms with Gasteiger partial charge in [-0.15, -0.1) is 0 Å². The van der Waals surface area contributed by atoms with Crippen molar-refractivity contribution in [2.75, 3.05) is 25.5 Å². The number of carbonyl (C=O) groups excluding carboxylic acids is 1. The van der Waals surface area contributed by atoms with Gasteiger partial charge in [0.15, 0.2) is 0 Å². The van der Waals surface area contributed by atoms with Gasteiger partial charge in [-0.3, -0.25) is 4.79 Å². The van der Waals surface area contributed by atoms with Crippen LogP contribution >= 0.6 is 0 Å². The van der Waals surface area contributed by atoms with Crippen LogP contribution in [0.1, 0.15) is 19.8 Å². The van der Waals surface area contributed by atoms with E-state index >= 15 is 0 Å². The van der Waals surface area contributed by atoms with Crippen molar-refractivity contribution in [2.45, 2.75) is 24.7 Å². The summed E-state index contributed by atoms with van der Waals surface area (Å²) in [6.07, 6.45) is 1.59. The lowest BCUT2D eigenvalue weighted by Gasteiger charge is -2.32. The van der Waals surface area contributed by atoms with Crippen molar-refractivity contribution in [3.05, 3.63) is 24.3 Å². The number of anilines is 1. The molecule has 21 heavy (non-hydrogen) atoms. The van der Waals surface area contributed by atoms with Gasteiger partial charge < -0.3 is 10.6 Å². The number of amides is 1. The van der Waals surface area contributed by atoms with Crippen LogP contribution in [-0.2, 0) is 14.8 Å². The van der Waals surface area contributed by atoms with E-state index in [2.05, 4.69) is 15.4 Å². The molecule has 0 spiro atoms. The third-order valence-electron chi connectivity index (χ3n) is 3.95. The molecule has 0 radical (unpaired) electrons. The lowest BCUT2D eigenvalue weighted by molar-refractivity contribution is -0.126. The highest BCUT2D eigenvalue weighted by molar-refractivity contribution is 7.89. The molecule has 0 aromatic heterocycles. The van der Waals surface area contributed by atoms with Gasteiger partial charge in [0, 0.05) is 11.1 Å². The summed E-state index contributed by atoms with van der Waals surface area (Å²) >= 11 is 0. The molecule has 1 saturated heterocycles. The van der Waals surface area contributed by atoms with Gasteiger partial charge in [0.2, 0.25) is 15.9 Å². The Hall–Kier alpha value is -1.44. The molecule has 1 aliphatic rings. The fourth-order valence-electron chi connectivity index (χ4n) is 2.32. The average Bonchev–Trinajstić information content (AvgIpc) is 2.48. The van der Waals surface area contributed by atoms with E-state index in [1.165, 1.54) is 19.2 Å². The zero-order chi connectivity index (χ0) is 15.5. The highest BCUT2D eigenvalue weighted by atomic mass is 32.2. The Morgan fingerprint density at radius 1 is 1.19 bits per heavy atom. The van der Waals surface area contributed by atoms with Gasteiger partial charge in [0.1, 0.15) is 0 Å². The normalized spacial score (nSPS) is 18.2. The van der Waals surface area contributed by atoms with Crippen LogP contribution in [0.4, 0.5) is 5.69 Å². The van der Waals surface area contributed by atoms with Crippen molar-refractivity contribution in [3.8, 4) is 0 Å². The van der Waals surface area contributed by atoms with Gasteiger partial charge in [-0.2, -0.15) is 0 Å². The van der Waals surface area contributed by atoms with Crippen LogP contribution in [0.2, 0.25) is 0 Å². The van der Waals surface area contributed by atoms with Gasteiger partial charge in [-0.05, 0) is 57.2 Å². The van der Waals surface area contributed by atoms with E-state index in [-0.39, 0.29) is 16.2 Å². The molecule has 1 heterocycles. The first kappa shape index (κ1) is 15.9. The molecule has 0 unspecified atom stereocenters. The zero-order valence-electron chi connectivity index (χ0n) is 12.3. The Labute approximate surface area is 125 Å². The number of hydrogen-bond acceptors (Lipinski definition) is 4. The summed E-state index contributed by atoms with van der Waals surface area (Å²) in [7, 11) is -2.08. The number of hydrogen-bond donors (Lipinski definition) is 3. The monoisotopic (exact) mass is 311 g/mol. The van der Waals surface area contributed by atoms with E-state index < -0.39 is 10.0 Å². The number of rotatable bonds is 4. The first-order chi connectivity index (χ1) is 9.87. The summed E-state index contributed by atoms with van der Waals surface area (Å²) in [5, 5.41) is 6.10. The second kappa shape index (κ2) is 6.13. The molecule has 1 aromatic rings. The Kier molecular flexibility index (Phi) is 4.65. The molecule has 1 aliphatic heterocycles. The summed E-state index contributed by atoms with van der Waals surface area (Å²) in [4.78, 5) is 12.5. The van der Waals surface area contributed by atoms with Gasteiger partial charge >= 0.3 is 0 Å². The van der Waals surface area contributed by atoms with Crippen LogP contribution in [0, 0.1) is 5.41 Å². The van der Waals surface area contributed by atoms with Crippen molar-refractivity contribution >= 4 is 21.6 Å². The van der Waals surface area contributed by atoms with Gasteiger partial charge in [0.25, 0.3) is 0 Å². The maximum Gasteiger partial charge on any atom is 0.240 e. The number of sulfonamides is 1. The fraction of sp³-hybridized carbons (Fsp3) is 0.500. The van der Waals surface area contributed by atoms with E-state index in [0.29, 0.717) is 5.69 Å². The molecule has 1 amide bonds. The molecule has 0 aliphatic carbocycles. The molecule has 1 aromatic carbocycles. The third-order valence-corrected chi connectivity index (χ3v) is 5.38. The highest BCUT2D eigenvalue weighted by Crippen LogP contribution is 2.29. The summed E-state index contributed by atoms with van der Waals surface area (Å²) in [5.41, 5.74) is 0.232. The van der Waals surface area contributed by atoms with Crippen molar-refractivity contribution in [1.82, 2.24) is 10.0 Å². The van der Waals surface area contributed by atoms with Crippen LogP contribution < -0.4 is 15.4 Å². The molecule has 1 fully saturated rings. The van der Waals surface area contributed by atoms with Crippen LogP contribution in [-0.4, -0.2) is 34.5 Å². The lowest BCUT2D eigenvalue weighted by Crippen LogP contribution is -2.42. The van der Waals surface area contributed by atoms with Crippen molar-refractivity contribution in [2.24, 2.45) is 5.41 Å². The summed E-state index contributed by atoms with van der Waals surface area (Å²) in [6.45, 7) is 3.63. The Morgan fingerprint density at radius 2 is 1.76 bits per heavy atom. The van der Waals surface area contributed by atoms with Crippen LogP contribution in [0.5, 0.6) is 0 Å². The largest absolute Gasteiger partial charge is 0.326 e. The smallest absolute Gasteiger partial charge is 0.240 e. The minimum absolute atomic E-state index is 0.0202. The Balaban J connectivity index is 2.08. The second-order valence-electron chi connectivity index (χ2n) is 5.50. The highest BCUT2D eigenvalue weighted by Gasteiger charge is 2.34. The third kappa shape index (κ3) is 3.61. The molecule has 6 nitrogen and oxygen atoms in total. The molecule has 2 rings (SSSR count). The first-order valence-electron chi connectivity index (χ1n) is 6.93. The predicted octanol–water partition coefficient (Wildman–Crippen LogP) is 0.923. The number of benzene rings is 1. The Morgan fingerprint density at radius 3 is 2.29 bits per heavy atom. The van der Waals surface area contributed by atoms with Crippen LogP contribution in [0.3, 0.4) is 0 Å². The lowest BCUT2D eigenvalue weighted by atomic mass is 9.80. The van der Waals surface area contributed by atoms with Crippen LogP contribution in [0.25, 0.3) is 0 Å². The zero-order valence-corrected chi connectivity index (χ0v) is 13.1. The first-order valence-corrected chi connectivity index (χ1v) is 8.41. The molecular weight excluding hydrogens is 290 g/mol. The van der Waals surface area contributed by atoms with Gasteiger partial charge in [-0.1, -0.05) is 6.92 Å². The quantitative estimate of drug-likeness (QED) is 0.772. The minimum Gasteiger partial charge on any atom is -0.326 e. The van der Waals surface area contributed by atoms with Crippen molar-refractivity contribution < 1.29 is 13.2 Å². The molecule has 0 saturated carbocycles. The van der Waals surface area contributed by atoms with Crippen LogP contribution in [0.15, 0.2) is 29.2 Å². The van der Waals surface area contributed by atoms with E-state index in [0.717, 1.165) is 25.9 Å². The summed E-state index contributed by atoms with van der Waals surface area (Å²) in [6, 6.07) is 6.16. The number of nitrogens with one attached hydrogen (secondary N) is 3. The molecular formula is C14H21N3O3S. The number of carbonyl (C=O) groups is 1. The topological polar surface area (TPSA) is 87.3 Å². The van der Waals surface area contributed by atoms with Gasteiger partial charge in [-0.25, -0.2) is 13.1 Å². The molecule has 3 N–H and O–H groups in total. The number of piperidine rings is 1. The SMILES string of the molecule is CNS(=O)(=O)c1ccc(NC(=O)C2(C)CCNCC2)cc1. The minimum atomic E-state index is -3.45. The maximum absolute atomic E-state index is 12.4. The average molecular weight is 311 g/mol. The summed E-state index contributed by atoms with van der Waals surface area (Å²) < 4.78 is 25.5. The Bertz CT molecular complexity index is 605. The predicted molar refractivity (Wildman–Crippen MR) is 81.5 cm³/mol. The van der Waals surface area contributed by atoms with Crippen molar-refractivity contribution in [3.63, 3.8) is 0 Å². The standard InChI is InChI=1S/C14H21N3O3S/c1-14(7-9-16-10-8-14)13(18)17-11-3-5-12(6-4-11)21(19,20)15-2/h3-6,15-16H,7-10H2,1-2H3,(H,17,18). The second-order valence-corrected chi connectivity index (χ2v) is 7.38. The molecule has 0 atom stereocenters. The van der Waals surface area contributed by atoms with E-state index in [9.17, 15) is 13.2 Å². The molecule has 0 bridgehead atoms. The molecule has 116 valence electrons. The summed E-state index contributed by atoms with van der Waals surface area (Å²) in [5.74, 6) is -0.0202. The van der Waals surface area contributed by atoms with Gasteiger partial charge in [0.05, 0.1) is 4.90 Å². The van der Waals surface area contributed by atoms with Crippen molar-refractivity contribution in [1.29, 1.82) is 0 Å². The maximum atomic E-state index is 12.4. The van der Waals surface area contributed by atoms with E-state index in [1.54, 1.807) is 12.1 Å². The van der Waals surface area contributed by atoms with E-state index in [1.807, 2.05) is 6.92 Å².